The number of hydrogen-bond acceptors (Lipinski definition) is 3. The van der Waals surface area contributed by atoms with Gasteiger partial charge in [0.25, 0.3) is 0 Å². The van der Waals surface area contributed by atoms with Crippen LogP contribution in [-0.2, 0) is 0 Å². The van der Waals surface area contributed by atoms with Crippen LogP contribution in [0.4, 0.5) is 0 Å². The predicted molar refractivity (Wildman–Crippen MR) is 42.8 cm³/mol. The van der Waals surface area contributed by atoms with Gasteiger partial charge in [-0.3, -0.25) is 0 Å². The molecular formula is C7H13NOS. The fourth-order valence-corrected chi connectivity index (χ4v) is 3.20. The summed E-state index contributed by atoms with van der Waals surface area (Å²) in [6, 6.07) is 1.15. The molecular weight excluding hydrogens is 146 g/mol. The predicted octanol–water partition coefficient (Wildman–Crippen LogP) is 0.862. The van der Waals surface area contributed by atoms with E-state index in [1.54, 1.807) is 11.9 Å². The first-order valence-corrected chi connectivity index (χ1v) is 5.01. The van der Waals surface area contributed by atoms with E-state index in [0.29, 0.717) is 12.1 Å². The lowest BCUT2D eigenvalue weighted by molar-refractivity contribution is 0.138. The van der Waals surface area contributed by atoms with Gasteiger partial charge < -0.3 is 5.11 Å². The Morgan fingerprint density at radius 2 is 2.30 bits per heavy atom. The van der Waals surface area contributed by atoms with Gasteiger partial charge in [0.05, 0.1) is 6.10 Å². The van der Waals surface area contributed by atoms with E-state index < -0.39 is 0 Å². The molecule has 0 aromatic rings. The van der Waals surface area contributed by atoms with Crippen molar-refractivity contribution in [1.29, 1.82) is 0 Å². The van der Waals surface area contributed by atoms with Crippen molar-refractivity contribution < 1.29 is 5.11 Å². The van der Waals surface area contributed by atoms with E-state index >= 15 is 0 Å². The molecule has 0 spiro atoms. The van der Waals surface area contributed by atoms with Crippen LogP contribution in [0, 0.1) is 0 Å². The van der Waals surface area contributed by atoms with Crippen LogP contribution in [0.5, 0.6) is 0 Å². The number of aliphatic hydroxyl groups excluding tert-OH is 1. The summed E-state index contributed by atoms with van der Waals surface area (Å²) in [5.41, 5.74) is 0. The lowest BCUT2D eigenvalue weighted by Crippen LogP contribution is -2.26. The molecule has 10 heavy (non-hydrogen) atoms. The summed E-state index contributed by atoms with van der Waals surface area (Å²) in [7, 11) is 0. The van der Waals surface area contributed by atoms with Crippen molar-refractivity contribution in [1.82, 2.24) is 4.31 Å². The summed E-state index contributed by atoms with van der Waals surface area (Å²) >= 11 is 1.79. The van der Waals surface area contributed by atoms with Gasteiger partial charge in [-0.1, -0.05) is 11.9 Å². The van der Waals surface area contributed by atoms with Gasteiger partial charge in [0, 0.05) is 12.1 Å². The highest BCUT2D eigenvalue weighted by atomic mass is 32.2. The molecule has 3 unspecified atom stereocenters. The van der Waals surface area contributed by atoms with Gasteiger partial charge in [0.15, 0.2) is 0 Å². The largest absolute Gasteiger partial charge is 0.391 e. The molecule has 3 atom stereocenters. The van der Waals surface area contributed by atoms with Crippen molar-refractivity contribution in [3.05, 3.63) is 0 Å². The highest BCUT2D eigenvalue weighted by molar-refractivity contribution is 7.96. The number of rotatable bonds is 1. The Balaban J connectivity index is 2.11. The number of nitrogens with zero attached hydrogens (tertiary/aromatic N) is 1. The van der Waals surface area contributed by atoms with Crippen molar-refractivity contribution in [3.8, 4) is 0 Å². The van der Waals surface area contributed by atoms with E-state index in [-0.39, 0.29) is 6.10 Å². The first kappa shape index (κ1) is 6.95. The molecule has 58 valence electrons. The number of hydrogen-bond donors (Lipinski definition) is 1. The molecule has 1 N–H and O–H groups in total. The second-order valence-electron chi connectivity index (χ2n) is 3.14. The normalized spacial score (nSPS) is 46.8. The summed E-state index contributed by atoms with van der Waals surface area (Å²) in [5.74, 6) is 0. The van der Waals surface area contributed by atoms with Crippen molar-refractivity contribution in [2.24, 2.45) is 0 Å². The molecule has 0 aromatic carbocycles. The Morgan fingerprint density at radius 1 is 1.50 bits per heavy atom. The van der Waals surface area contributed by atoms with Gasteiger partial charge in [-0.15, -0.1) is 0 Å². The minimum Gasteiger partial charge on any atom is -0.391 e. The Hall–Kier alpha value is 0.270. The van der Waals surface area contributed by atoms with Gasteiger partial charge in [-0.05, 0) is 25.5 Å². The van der Waals surface area contributed by atoms with Crippen LogP contribution < -0.4 is 0 Å². The third-order valence-electron chi connectivity index (χ3n) is 2.65. The van der Waals surface area contributed by atoms with Gasteiger partial charge in [0.1, 0.15) is 0 Å². The molecule has 0 saturated carbocycles. The fraction of sp³-hybridized carbons (Fsp3) is 1.00. The molecule has 2 aliphatic rings. The second-order valence-corrected chi connectivity index (χ2v) is 3.93. The van der Waals surface area contributed by atoms with E-state index in [1.165, 1.54) is 12.8 Å². The topological polar surface area (TPSA) is 23.5 Å². The molecule has 2 heterocycles. The highest BCUT2D eigenvalue weighted by Gasteiger charge is 2.45. The van der Waals surface area contributed by atoms with Crippen molar-refractivity contribution in [2.45, 2.75) is 37.5 Å². The lowest BCUT2D eigenvalue weighted by atomic mass is 9.98. The lowest BCUT2D eigenvalue weighted by Gasteiger charge is -2.17. The van der Waals surface area contributed by atoms with E-state index in [9.17, 15) is 5.11 Å². The van der Waals surface area contributed by atoms with Crippen molar-refractivity contribution in [3.63, 3.8) is 0 Å². The third-order valence-corrected chi connectivity index (χ3v) is 3.64. The van der Waals surface area contributed by atoms with Crippen LogP contribution in [0.1, 0.15) is 19.3 Å². The molecule has 2 bridgehead atoms. The summed E-state index contributed by atoms with van der Waals surface area (Å²) in [6.07, 6.45) is 5.57. The first-order chi connectivity index (χ1) is 4.83. The van der Waals surface area contributed by atoms with E-state index in [4.69, 9.17) is 0 Å². The molecule has 2 saturated heterocycles. The third kappa shape index (κ3) is 0.807. The maximum Gasteiger partial charge on any atom is 0.0720 e. The molecule has 0 aromatic heterocycles. The van der Waals surface area contributed by atoms with Crippen molar-refractivity contribution in [2.75, 3.05) is 6.26 Å². The molecule has 0 radical (unpaired) electrons. The molecule has 0 amide bonds. The van der Waals surface area contributed by atoms with Crippen LogP contribution in [0.15, 0.2) is 0 Å². The Kier molecular flexibility index (Phi) is 1.66. The molecule has 3 heteroatoms. The van der Waals surface area contributed by atoms with Gasteiger partial charge in [0.2, 0.25) is 0 Å². The maximum atomic E-state index is 9.47. The summed E-state index contributed by atoms with van der Waals surface area (Å²) in [5, 5.41) is 9.47. The number of aliphatic hydroxyl groups is 1. The van der Waals surface area contributed by atoms with Gasteiger partial charge in [-0.2, -0.15) is 0 Å². The van der Waals surface area contributed by atoms with Crippen LogP contribution in [0.25, 0.3) is 0 Å². The van der Waals surface area contributed by atoms with Gasteiger partial charge >= 0.3 is 0 Å². The van der Waals surface area contributed by atoms with E-state index in [0.717, 1.165) is 6.42 Å². The molecule has 0 aliphatic carbocycles. The average molecular weight is 159 g/mol. The Bertz CT molecular complexity index is 142. The fourth-order valence-electron chi connectivity index (χ4n) is 2.19. The first-order valence-electron chi connectivity index (χ1n) is 3.83. The summed E-state index contributed by atoms with van der Waals surface area (Å²) < 4.78 is 2.37. The maximum absolute atomic E-state index is 9.47. The molecule has 2 nitrogen and oxygen atoms in total. The molecule has 2 fully saturated rings. The minimum atomic E-state index is -0.0359. The van der Waals surface area contributed by atoms with Crippen LogP contribution >= 0.6 is 11.9 Å². The second kappa shape index (κ2) is 2.40. The summed E-state index contributed by atoms with van der Waals surface area (Å²) in [4.78, 5) is 0. The Labute approximate surface area is 65.7 Å². The van der Waals surface area contributed by atoms with E-state index in [1.807, 2.05) is 0 Å². The minimum absolute atomic E-state index is 0.0359. The zero-order valence-electron chi connectivity index (χ0n) is 6.16. The highest BCUT2D eigenvalue weighted by Crippen LogP contribution is 2.41. The zero-order valence-corrected chi connectivity index (χ0v) is 6.97. The smallest absolute Gasteiger partial charge is 0.0720 e. The van der Waals surface area contributed by atoms with Crippen molar-refractivity contribution >= 4 is 11.9 Å². The SMILES string of the molecule is CSN1C2CCC1C(O)C2. The van der Waals surface area contributed by atoms with Crippen LogP contribution in [0.2, 0.25) is 0 Å². The molecule has 2 aliphatic heterocycles. The summed E-state index contributed by atoms with van der Waals surface area (Å²) in [6.45, 7) is 0. The van der Waals surface area contributed by atoms with Gasteiger partial charge in [-0.25, -0.2) is 4.31 Å². The zero-order chi connectivity index (χ0) is 7.14. The standard InChI is InChI=1S/C7H13NOS/c1-10-8-5-2-3-6(8)7(9)4-5/h5-7,9H,2-4H2,1H3. The average Bonchev–Trinajstić information content (AvgIpc) is 2.42. The Morgan fingerprint density at radius 3 is 2.60 bits per heavy atom. The number of fused-ring (bicyclic) bond motifs is 2. The quantitative estimate of drug-likeness (QED) is 0.574. The monoisotopic (exact) mass is 159 g/mol. The van der Waals surface area contributed by atoms with E-state index in [2.05, 4.69) is 10.6 Å². The van der Waals surface area contributed by atoms with Crippen LogP contribution in [-0.4, -0.2) is 33.9 Å². The molecule has 2 rings (SSSR count). The van der Waals surface area contributed by atoms with Crippen LogP contribution in [0.3, 0.4) is 0 Å².